The van der Waals surface area contributed by atoms with Gasteiger partial charge in [-0.3, -0.25) is 0 Å². The van der Waals surface area contributed by atoms with Crippen molar-refractivity contribution in [2.24, 2.45) is 0 Å². The monoisotopic (exact) mass is 210 g/mol. The van der Waals surface area contributed by atoms with E-state index < -0.39 is 36.4 Å². The number of rotatable bonds is 5. The largest absolute Gasteiger partial charge is 0.394 e. The van der Waals surface area contributed by atoms with Crippen molar-refractivity contribution in [2.45, 2.75) is 24.4 Å². The molecule has 0 unspecified atom stereocenters. The molecule has 0 aromatic rings. The lowest BCUT2D eigenvalue weighted by Crippen LogP contribution is -2.48. The van der Waals surface area contributed by atoms with Crippen LogP contribution < -0.4 is 0 Å². The molecule has 0 aliphatic rings. The minimum absolute atomic E-state index is 0.0397. The lowest BCUT2D eigenvalue weighted by molar-refractivity contribution is -0.140. The Labute approximate surface area is 77.9 Å². The smallest absolute Gasteiger partial charge is 0.135 e. The van der Waals surface area contributed by atoms with Gasteiger partial charge < -0.3 is 30.3 Å². The second-order valence-corrected chi connectivity index (χ2v) is 3.77. The molecule has 0 saturated carbocycles. The molecule has 7 heteroatoms. The highest BCUT2D eigenvalue weighted by molar-refractivity contribution is 6.58. The van der Waals surface area contributed by atoms with Crippen LogP contribution in [0.4, 0.5) is 0 Å². The van der Waals surface area contributed by atoms with Crippen LogP contribution in [0.3, 0.4) is 0 Å². The third-order valence-corrected chi connectivity index (χ3v) is 2.26. The second-order valence-electron chi connectivity index (χ2n) is 2.79. The molecule has 0 fully saturated rings. The highest BCUT2D eigenvalue weighted by atomic mass is 28.1. The Morgan fingerprint density at radius 2 is 1.62 bits per heavy atom. The molecule has 0 bridgehead atoms. The van der Waals surface area contributed by atoms with Crippen LogP contribution in [0.5, 0.6) is 0 Å². The van der Waals surface area contributed by atoms with Crippen molar-refractivity contribution in [3.8, 4) is 0 Å². The van der Waals surface area contributed by atoms with E-state index in [2.05, 4.69) is 0 Å². The zero-order chi connectivity index (χ0) is 10.6. The van der Waals surface area contributed by atoms with Gasteiger partial charge in [-0.1, -0.05) is 0 Å². The highest BCUT2D eigenvalue weighted by Crippen LogP contribution is 2.04. The molecule has 0 aliphatic carbocycles. The first-order chi connectivity index (χ1) is 5.91. The van der Waals surface area contributed by atoms with E-state index in [1.807, 2.05) is 0 Å². The summed E-state index contributed by atoms with van der Waals surface area (Å²) in [6.45, 7) is -0.750. The average Bonchev–Trinajstić information content (AvgIpc) is 2.12. The van der Waals surface area contributed by atoms with Crippen LogP contribution in [-0.2, 0) is 4.79 Å². The molecule has 6 nitrogen and oxygen atoms in total. The normalized spacial score (nSPS) is 20.7. The van der Waals surface area contributed by atoms with Gasteiger partial charge in [0, 0.05) is 0 Å². The highest BCUT2D eigenvalue weighted by Gasteiger charge is 2.31. The minimum Gasteiger partial charge on any atom is -0.394 e. The van der Waals surface area contributed by atoms with Crippen LogP contribution in [0.15, 0.2) is 0 Å². The zero-order valence-electron chi connectivity index (χ0n) is 7.16. The van der Waals surface area contributed by atoms with E-state index in [4.69, 9.17) is 25.5 Å². The van der Waals surface area contributed by atoms with Crippen molar-refractivity contribution in [3.05, 3.63) is 0 Å². The van der Waals surface area contributed by atoms with Gasteiger partial charge in [-0.2, -0.15) is 0 Å². The molecule has 5 N–H and O–H groups in total. The van der Waals surface area contributed by atoms with Gasteiger partial charge in [-0.25, -0.2) is 0 Å². The predicted molar refractivity (Wildman–Crippen MR) is 46.1 cm³/mol. The molecule has 0 saturated heterocycles. The van der Waals surface area contributed by atoms with Crippen molar-refractivity contribution in [1.29, 1.82) is 0 Å². The molecule has 0 aromatic heterocycles. The molecule has 13 heavy (non-hydrogen) atoms. The summed E-state index contributed by atoms with van der Waals surface area (Å²) in [5.74, 6) is 0. The standard InChI is InChI=1S/C6H14O6Si/c7-1-2(8)3(9)4(10)5(11)6(12)13/h2-5,7-11H,1H2,13H3/t2-,3+,4+,5-/m1/s1. The summed E-state index contributed by atoms with van der Waals surface area (Å²) in [5.41, 5.74) is 0. The summed E-state index contributed by atoms with van der Waals surface area (Å²) in [6, 6.07) is 0. The molecule has 0 rings (SSSR count). The summed E-state index contributed by atoms with van der Waals surface area (Å²) in [7, 11) is 0.0397. The van der Waals surface area contributed by atoms with Gasteiger partial charge in [0.2, 0.25) is 0 Å². The molecule has 0 radical (unpaired) electrons. The fourth-order valence-electron chi connectivity index (χ4n) is 0.763. The van der Waals surface area contributed by atoms with Crippen LogP contribution in [0.25, 0.3) is 0 Å². The average molecular weight is 210 g/mol. The van der Waals surface area contributed by atoms with E-state index in [9.17, 15) is 4.79 Å². The Morgan fingerprint density at radius 3 is 1.92 bits per heavy atom. The quantitative estimate of drug-likeness (QED) is 0.291. The van der Waals surface area contributed by atoms with Gasteiger partial charge in [-0.15, -0.1) is 0 Å². The lowest BCUT2D eigenvalue weighted by atomic mass is 10.0. The van der Waals surface area contributed by atoms with Gasteiger partial charge in [-0.05, 0) is 0 Å². The molecule has 4 atom stereocenters. The molecular formula is C6H14O6Si. The number of carbonyl (C=O) groups is 1. The predicted octanol–water partition coefficient (Wildman–Crippen LogP) is -4.69. The van der Waals surface area contributed by atoms with Gasteiger partial charge in [0.25, 0.3) is 0 Å². The van der Waals surface area contributed by atoms with Gasteiger partial charge in [0.05, 0.1) is 16.8 Å². The maximum Gasteiger partial charge on any atom is 0.135 e. The molecule has 0 amide bonds. The third kappa shape index (κ3) is 3.51. The molecule has 0 aliphatic heterocycles. The lowest BCUT2D eigenvalue weighted by Gasteiger charge is -2.24. The van der Waals surface area contributed by atoms with Crippen molar-refractivity contribution < 1.29 is 30.3 Å². The maximum absolute atomic E-state index is 10.6. The van der Waals surface area contributed by atoms with E-state index in [-0.39, 0.29) is 10.2 Å². The minimum atomic E-state index is -1.76. The second kappa shape index (κ2) is 5.42. The molecule has 0 spiro atoms. The summed E-state index contributed by atoms with van der Waals surface area (Å²) < 4.78 is 0. The van der Waals surface area contributed by atoms with Crippen LogP contribution in [0.2, 0.25) is 0 Å². The number of aliphatic hydroxyl groups excluding tert-OH is 5. The van der Waals surface area contributed by atoms with E-state index >= 15 is 0 Å². The Kier molecular flexibility index (Phi) is 5.29. The SMILES string of the molecule is O=C([SiH3])[C@H](O)[C@@H](O)[C@@H](O)[C@H](O)CO. The molecule has 78 valence electrons. The molecule has 0 heterocycles. The van der Waals surface area contributed by atoms with Crippen LogP contribution in [0.1, 0.15) is 0 Å². The van der Waals surface area contributed by atoms with Crippen LogP contribution in [-0.4, -0.2) is 72.2 Å². The summed E-state index contributed by atoms with van der Waals surface area (Å²) in [5, 5.41) is 43.8. The van der Waals surface area contributed by atoms with Crippen molar-refractivity contribution in [3.63, 3.8) is 0 Å². The van der Waals surface area contributed by atoms with Crippen molar-refractivity contribution in [2.75, 3.05) is 6.61 Å². The van der Waals surface area contributed by atoms with Crippen molar-refractivity contribution in [1.82, 2.24) is 0 Å². The first kappa shape index (κ1) is 12.7. The van der Waals surface area contributed by atoms with Crippen LogP contribution >= 0.6 is 0 Å². The number of aliphatic hydroxyl groups is 5. The zero-order valence-corrected chi connectivity index (χ0v) is 9.16. The molecule has 0 aromatic carbocycles. The number of hydrogen-bond donors (Lipinski definition) is 5. The summed E-state index contributed by atoms with van der Waals surface area (Å²) >= 11 is 0. The van der Waals surface area contributed by atoms with Crippen LogP contribution in [0, 0.1) is 0 Å². The Balaban J connectivity index is 4.24. The fraction of sp³-hybridized carbons (Fsp3) is 0.833. The first-order valence-electron chi connectivity index (χ1n) is 3.75. The fourth-order valence-corrected chi connectivity index (χ4v) is 1.10. The number of hydrogen-bond acceptors (Lipinski definition) is 6. The molecular weight excluding hydrogens is 196 g/mol. The van der Waals surface area contributed by atoms with Crippen molar-refractivity contribution >= 4 is 15.6 Å². The van der Waals surface area contributed by atoms with Gasteiger partial charge in [0.15, 0.2) is 0 Å². The Bertz CT molecular complexity index is 175. The topological polar surface area (TPSA) is 118 Å². The number of carbonyl (C=O) groups excluding carboxylic acids is 1. The Hall–Kier alpha value is -0.313. The summed E-state index contributed by atoms with van der Waals surface area (Å²) in [6.07, 6.45) is -6.74. The van der Waals surface area contributed by atoms with E-state index in [1.54, 1.807) is 0 Å². The van der Waals surface area contributed by atoms with E-state index in [0.717, 1.165) is 0 Å². The first-order valence-corrected chi connectivity index (χ1v) is 4.75. The van der Waals surface area contributed by atoms with Gasteiger partial charge in [0.1, 0.15) is 29.8 Å². The van der Waals surface area contributed by atoms with E-state index in [1.165, 1.54) is 0 Å². The summed E-state index contributed by atoms with van der Waals surface area (Å²) in [4.78, 5) is 10.6. The Morgan fingerprint density at radius 1 is 1.15 bits per heavy atom. The van der Waals surface area contributed by atoms with Gasteiger partial charge >= 0.3 is 0 Å². The maximum atomic E-state index is 10.6. The third-order valence-electron chi connectivity index (χ3n) is 1.67. The van der Waals surface area contributed by atoms with E-state index in [0.29, 0.717) is 0 Å².